The van der Waals surface area contributed by atoms with Crippen molar-refractivity contribution in [3.05, 3.63) is 29.8 Å². The van der Waals surface area contributed by atoms with Crippen molar-refractivity contribution in [2.24, 2.45) is 5.73 Å². The van der Waals surface area contributed by atoms with E-state index in [1.54, 1.807) is 0 Å². The van der Waals surface area contributed by atoms with E-state index in [9.17, 15) is 4.79 Å². The number of nitrogens with two attached hydrogens (primary N) is 1. The number of rotatable bonds is 3. The molecule has 1 aliphatic heterocycles. The molecule has 1 saturated carbocycles. The van der Waals surface area contributed by atoms with Crippen molar-refractivity contribution in [3.63, 3.8) is 0 Å². The van der Waals surface area contributed by atoms with E-state index in [4.69, 9.17) is 15.2 Å². The van der Waals surface area contributed by atoms with Gasteiger partial charge in [0.25, 0.3) is 0 Å². The third kappa shape index (κ3) is 2.49. The molecule has 3 N–H and O–H groups in total. The van der Waals surface area contributed by atoms with Crippen LogP contribution in [0.5, 0.6) is 0 Å². The highest BCUT2D eigenvalue weighted by Gasteiger charge is 2.40. The number of ether oxygens (including phenoxy) is 2. The van der Waals surface area contributed by atoms with Crippen molar-refractivity contribution in [2.75, 3.05) is 18.5 Å². The fourth-order valence-electron chi connectivity index (χ4n) is 2.35. The summed E-state index contributed by atoms with van der Waals surface area (Å²) in [6, 6.07) is 7.52. The highest BCUT2D eigenvalue weighted by atomic mass is 16.7. The Labute approximate surface area is 112 Å². The molecule has 2 aliphatic rings. The van der Waals surface area contributed by atoms with Crippen LogP contribution in [0.1, 0.15) is 31.1 Å². The number of carbonyl (C=O) groups is 1. The second kappa shape index (κ2) is 4.92. The van der Waals surface area contributed by atoms with Gasteiger partial charge in [0.05, 0.1) is 18.8 Å². The smallest absolute Gasteiger partial charge is 0.244 e. The normalized spacial score (nSPS) is 21.9. The van der Waals surface area contributed by atoms with E-state index in [2.05, 4.69) is 5.32 Å². The van der Waals surface area contributed by atoms with Gasteiger partial charge in [-0.15, -0.1) is 0 Å². The first-order valence-electron chi connectivity index (χ1n) is 6.61. The molecule has 1 aliphatic carbocycles. The van der Waals surface area contributed by atoms with Crippen LogP contribution in [0.3, 0.4) is 0 Å². The van der Waals surface area contributed by atoms with Gasteiger partial charge in [-0.2, -0.15) is 0 Å². The Hall–Kier alpha value is -1.43. The molecule has 2 fully saturated rings. The first-order valence-corrected chi connectivity index (χ1v) is 6.61. The molecule has 0 aromatic heterocycles. The van der Waals surface area contributed by atoms with Crippen LogP contribution in [-0.2, 0) is 14.3 Å². The number of hydrogen-bond acceptors (Lipinski definition) is 4. The zero-order valence-corrected chi connectivity index (χ0v) is 10.7. The van der Waals surface area contributed by atoms with Gasteiger partial charge in [-0.1, -0.05) is 12.1 Å². The molecule has 102 valence electrons. The number of amides is 1. The Kier molecular flexibility index (Phi) is 3.26. The van der Waals surface area contributed by atoms with E-state index in [0.29, 0.717) is 13.2 Å². The fourth-order valence-corrected chi connectivity index (χ4v) is 2.35. The van der Waals surface area contributed by atoms with Gasteiger partial charge in [0.15, 0.2) is 6.29 Å². The van der Waals surface area contributed by atoms with Crippen LogP contribution in [0.2, 0.25) is 0 Å². The predicted molar refractivity (Wildman–Crippen MR) is 70.5 cm³/mol. The van der Waals surface area contributed by atoms with Gasteiger partial charge in [0.2, 0.25) is 5.91 Å². The third-order valence-corrected chi connectivity index (χ3v) is 3.74. The van der Waals surface area contributed by atoms with Crippen molar-refractivity contribution in [1.29, 1.82) is 0 Å². The number of benzene rings is 1. The van der Waals surface area contributed by atoms with Gasteiger partial charge in [-0.05, 0) is 31.4 Å². The molecular weight excluding hydrogens is 244 g/mol. The van der Waals surface area contributed by atoms with Crippen LogP contribution in [-0.4, -0.2) is 24.7 Å². The first-order chi connectivity index (χ1) is 9.17. The molecule has 1 heterocycles. The zero-order chi connectivity index (χ0) is 13.3. The maximum atomic E-state index is 12.1. The summed E-state index contributed by atoms with van der Waals surface area (Å²) < 4.78 is 10.9. The summed E-state index contributed by atoms with van der Waals surface area (Å²) in [4.78, 5) is 12.1. The molecule has 19 heavy (non-hydrogen) atoms. The van der Waals surface area contributed by atoms with E-state index in [1.807, 2.05) is 24.3 Å². The molecule has 0 atom stereocenters. The van der Waals surface area contributed by atoms with Gasteiger partial charge >= 0.3 is 0 Å². The number of hydrogen-bond donors (Lipinski definition) is 2. The molecule has 0 radical (unpaired) electrons. The van der Waals surface area contributed by atoms with Gasteiger partial charge < -0.3 is 20.5 Å². The quantitative estimate of drug-likeness (QED) is 0.866. The average Bonchev–Trinajstić information content (AvgIpc) is 2.90. The molecule has 0 bridgehead atoms. The molecule has 1 aromatic rings. The van der Waals surface area contributed by atoms with Crippen molar-refractivity contribution in [1.82, 2.24) is 0 Å². The summed E-state index contributed by atoms with van der Waals surface area (Å²) in [6.45, 7) is 1.21. The standard InChI is InChI=1S/C14H18N2O3/c15-14(5-2-6-14)13(17)16-11-4-1-3-10(9-11)12-18-7-8-19-12/h1,3-4,9,12H,2,5-8,15H2,(H,16,17). The minimum atomic E-state index is -0.684. The zero-order valence-electron chi connectivity index (χ0n) is 10.7. The van der Waals surface area contributed by atoms with Crippen LogP contribution in [0.25, 0.3) is 0 Å². The van der Waals surface area contributed by atoms with E-state index >= 15 is 0 Å². The lowest BCUT2D eigenvalue weighted by Crippen LogP contribution is -2.56. The lowest BCUT2D eigenvalue weighted by Gasteiger charge is -2.36. The second-order valence-electron chi connectivity index (χ2n) is 5.16. The summed E-state index contributed by atoms with van der Waals surface area (Å²) in [7, 11) is 0. The minimum absolute atomic E-state index is 0.107. The van der Waals surface area contributed by atoms with Crippen molar-refractivity contribution < 1.29 is 14.3 Å². The Morgan fingerprint density at radius 2 is 2.05 bits per heavy atom. The lowest BCUT2D eigenvalue weighted by atomic mass is 9.77. The first kappa shape index (κ1) is 12.6. The van der Waals surface area contributed by atoms with Crippen molar-refractivity contribution >= 4 is 11.6 Å². The Morgan fingerprint density at radius 1 is 1.32 bits per heavy atom. The average molecular weight is 262 g/mol. The van der Waals surface area contributed by atoms with Crippen LogP contribution in [0, 0.1) is 0 Å². The molecule has 0 unspecified atom stereocenters. The van der Waals surface area contributed by atoms with Gasteiger partial charge in [-0.25, -0.2) is 0 Å². The molecule has 1 amide bonds. The molecule has 0 spiro atoms. The largest absolute Gasteiger partial charge is 0.346 e. The maximum Gasteiger partial charge on any atom is 0.244 e. The van der Waals surface area contributed by atoms with Gasteiger partial charge in [0, 0.05) is 11.3 Å². The highest BCUT2D eigenvalue weighted by molar-refractivity contribution is 5.98. The van der Waals surface area contributed by atoms with Crippen LogP contribution in [0.15, 0.2) is 24.3 Å². The molecular formula is C14H18N2O3. The second-order valence-corrected chi connectivity index (χ2v) is 5.16. The van der Waals surface area contributed by atoms with Crippen LogP contribution >= 0.6 is 0 Å². The van der Waals surface area contributed by atoms with E-state index in [0.717, 1.165) is 30.5 Å². The van der Waals surface area contributed by atoms with Crippen LogP contribution in [0.4, 0.5) is 5.69 Å². The summed E-state index contributed by atoms with van der Waals surface area (Å²) in [5.41, 5.74) is 6.96. The third-order valence-electron chi connectivity index (χ3n) is 3.74. The topological polar surface area (TPSA) is 73.6 Å². The Balaban J connectivity index is 1.70. The van der Waals surface area contributed by atoms with E-state index in [-0.39, 0.29) is 12.2 Å². The Bertz CT molecular complexity index is 479. The fraction of sp³-hybridized carbons (Fsp3) is 0.500. The van der Waals surface area contributed by atoms with Crippen LogP contribution < -0.4 is 11.1 Å². The van der Waals surface area contributed by atoms with Crippen molar-refractivity contribution in [2.45, 2.75) is 31.1 Å². The molecule has 1 saturated heterocycles. The number of carbonyl (C=O) groups excluding carboxylic acids is 1. The lowest BCUT2D eigenvalue weighted by molar-refractivity contribution is -0.123. The Morgan fingerprint density at radius 3 is 2.68 bits per heavy atom. The van der Waals surface area contributed by atoms with E-state index < -0.39 is 5.54 Å². The SMILES string of the molecule is NC1(C(=O)Nc2cccc(C3OCCO3)c2)CCC1. The minimum Gasteiger partial charge on any atom is -0.346 e. The number of nitrogens with one attached hydrogen (secondary N) is 1. The summed E-state index contributed by atoms with van der Waals surface area (Å²) >= 11 is 0. The molecule has 5 heteroatoms. The number of anilines is 1. The monoisotopic (exact) mass is 262 g/mol. The predicted octanol–water partition coefficient (Wildman–Crippen LogP) is 1.55. The summed E-state index contributed by atoms with van der Waals surface area (Å²) in [5.74, 6) is -0.107. The molecule has 5 nitrogen and oxygen atoms in total. The maximum absolute atomic E-state index is 12.1. The summed E-state index contributed by atoms with van der Waals surface area (Å²) in [5, 5.41) is 2.87. The van der Waals surface area contributed by atoms with Gasteiger partial charge in [-0.3, -0.25) is 4.79 Å². The van der Waals surface area contributed by atoms with E-state index in [1.165, 1.54) is 0 Å². The summed E-state index contributed by atoms with van der Waals surface area (Å²) in [6.07, 6.45) is 2.21. The molecule has 1 aromatic carbocycles. The molecule has 3 rings (SSSR count). The highest BCUT2D eigenvalue weighted by Crippen LogP contribution is 2.31. The van der Waals surface area contributed by atoms with Crippen molar-refractivity contribution in [3.8, 4) is 0 Å². The van der Waals surface area contributed by atoms with Gasteiger partial charge in [0.1, 0.15) is 0 Å².